The van der Waals surface area contributed by atoms with Crippen LogP contribution >= 0.6 is 0 Å². The van der Waals surface area contributed by atoms with E-state index in [1.165, 1.54) is 0 Å². The molecule has 3 N–H and O–H groups in total. The Balaban J connectivity index is 2.26. The summed E-state index contributed by atoms with van der Waals surface area (Å²) in [5.74, 6) is 1.28. The first-order valence-corrected chi connectivity index (χ1v) is 7.07. The van der Waals surface area contributed by atoms with Crippen LogP contribution in [0.2, 0.25) is 0 Å². The second-order valence-corrected chi connectivity index (χ2v) is 4.40. The highest BCUT2D eigenvalue weighted by atomic mass is 16.5. The highest BCUT2D eigenvalue weighted by Crippen LogP contribution is 2.10. The summed E-state index contributed by atoms with van der Waals surface area (Å²) in [5.41, 5.74) is 0.600. The summed E-state index contributed by atoms with van der Waals surface area (Å²) >= 11 is 0. The van der Waals surface area contributed by atoms with Gasteiger partial charge < -0.3 is 25.4 Å². The van der Waals surface area contributed by atoms with Crippen LogP contribution in [0.5, 0.6) is 5.75 Å². The molecule has 0 saturated carbocycles. The lowest BCUT2D eigenvalue weighted by molar-refractivity contribution is 0.0954. The number of benzene rings is 1. The number of nitrogens with one attached hydrogen (secondary N) is 3. The molecule has 0 radical (unpaired) electrons. The Kier molecular flexibility index (Phi) is 8.44. The van der Waals surface area contributed by atoms with E-state index in [9.17, 15) is 4.79 Å². The van der Waals surface area contributed by atoms with Gasteiger partial charge in [-0.2, -0.15) is 0 Å². The highest BCUT2D eigenvalue weighted by molar-refractivity contribution is 5.94. The Morgan fingerprint density at radius 1 is 1.05 bits per heavy atom. The van der Waals surface area contributed by atoms with Crippen LogP contribution in [0.3, 0.4) is 0 Å². The van der Waals surface area contributed by atoms with Crippen LogP contribution in [-0.2, 0) is 4.74 Å². The number of carbonyl (C=O) groups is 1. The van der Waals surface area contributed by atoms with Crippen molar-refractivity contribution in [2.75, 3.05) is 47.5 Å². The Morgan fingerprint density at radius 3 is 2.27 bits per heavy atom. The van der Waals surface area contributed by atoms with Crippen molar-refractivity contribution in [2.24, 2.45) is 4.99 Å². The molecule has 0 unspecified atom stereocenters. The zero-order valence-electron chi connectivity index (χ0n) is 13.3. The summed E-state index contributed by atoms with van der Waals surface area (Å²) in [6, 6.07) is 6.98. The maximum Gasteiger partial charge on any atom is 0.251 e. The first-order chi connectivity index (χ1) is 10.7. The smallest absolute Gasteiger partial charge is 0.251 e. The van der Waals surface area contributed by atoms with E-state index in [4.69, 9.17) is 9.47 Å². The summed E-state index contributed by atoms with van der Waals surface area (Å²) in [4.78, 5) is 16.0. The molecule has 1 rings (SSSR count). The van der Waals surface area contributed by atoms with E-state index in [0.29, 0.717) is 37.8 Å². The monoisotopic (exact) mass is 308 g/mol. The molecule has 7 heteroatoms. The van der Waals surface area contributed by atoms with Crippen molar-refractivity contribution in [1.29, 1.82) is 0 Å². The summed E-state index contributed by atoms with van der Waals surface area (Å²) in [7, 11) is 4.93. The Morgan fingerprint density at radius 2 is 1.68 bits per heavy atom. The molecule has 0 fully saturated rings. The molecular formula is C15H24N4O3. The third-order valence-corrected chi connectivity index (χ3v) is 2.88. The average Bonchev–Trinajstić information content (AvgIpc) is 2.57. The van der Waals surface area contributed by atoms with Gasteiger partial charge in [0.1, 0.15) is 5.75 Å². The molecule has 0 bridgehead atoms. The summed E-state index contributed by atoms with van der Waals surface area (Å²) < 4.78 is 10.0. The molecule has 1 amide bonds. The van der Waals surface area contributed by atoms with Crippen molar-refractivity contribution < 1.29 is 14.3 Å². The molecule has 0 spiro atoms. The van der Waals surface area contributed by atoms with Gasteiger partial charge in [-0.25, -0.2) is 0 Å². The molecule has 122 valence electrons. The molecule has 0 aliphatic rings. The first kappa shape index (κ1) is 17.8. The zero-order valence-corrected chi connectivity index (χ0v) is 13.3. The minimum absolute atomic E-state index is 0.119. The number of hydrogen-bond donors (Lipinski definition) is 3. The van der Waals surface area contributed by atoms with Gasteiger partial charge in [-0.05, 0) is 24.3 Å². The molecule has 0 aliphatic heterocycles. The predicted molar refractivity (Wildman–Crippen MR) is 86.6 cm³/mol. The van der Waals surface area contributed by atoms with Crippen molar-refractivity contribution in [2.45, 2.75) is 0 Å². The number of ether oxygens (including phenoxy) is 2. The predicted octanol–water partition coefficient (Wildman–Crippen LogP) is 0.236. The van der Waals surface area contributed by atoms with Gasteiger partial charge in [0, 0.05) is 39.4 Å². The first-order valence-electron chi connectivity index (χ1n) is 7.07. The molecule has 22 heavy (non-hydrogen) atoms. The Labute approximate surface area is 131 Å². The molecule has 1 aromatic rings. The molecule has 7 nitrogen and oxygen atoms in total. The molecule has 0 atom stereocenters. The molecular weight excluding hydrogens is 284 g/mol. The fraction of sp³-hybridized carbons (Fsp3) is 0.467. The summed E-state index contributed by atoms with van der Waals surface area (Å²) in [6.07, 6.45) is 0. The van der Waals surface area contributed by atoms with E-state index in [1.807, 2.05) is 0 Å². The number of guanidine groups is 1. The number of aliphatic imine (C=N–C) groups is 1. The van der Waals surface area contributed by atoms with E-state index in [-0.39, 0.29) is 5.91 Å². The number of amides is 1. The second-order valence-electron chi connectivity index (χ2n) is 4.40. The van der Waals surface area contributed by atoms with Crippen LogP contribution in [0, 0.1) is 0 Å². The van der Waals surface area contributed by atoms with Crippen LogP contribution < -0.4 is 20.7 Å². The minimum Gasteiger partial charge on any atom is -0.497 e. The highest BCUT2D eigenvalue weighted by Gasteiger charge is 2.04. The second kappa shape index (κ2) is 10.4. The molecule has 0 aliphatic carbocycles. The number of nitrogens with zero attached hydrogens (tertiary/aromatic N) is 1. The van der Waals surface area contributed by atoms with Crippen molar-refractivity contribution in [1.82, 2.24) is 16.0 Å². The molecule has 0 heterocycles. The lowest BCUT2D eigenvalue weighted by Gasteiger charge is -2.12. The fourth-order valence-electron chi connectivity index (χ4n) is 1.69. The van der Waals surface area contributed by atoms with Gasteiger partial charge in [-0.3, -0.25) is 9.79 Å². The van der Waals surface area contributed by atoms with Gasteiger partial charge in [-0.1, -0.05) is 0 Å². The maximum atomic E-state index is 11.9. The number of hydrogen-bond acceptors (Lipinski definition) is 4. The van der Waals surface area contributed by atoms with Crippen molar-refractivity contribution in [3.05, 3.63) is 29.8 Å². The van der Waals surface area contributed by atoms with Crippen molar-refractivity contribution in [3.8, 4) is 5.75 Å². The third kappa shape index (κ3) is 6.45. The fourth-order valence-corrected chi connectivity index (χ4v) is 1.69. The van der Waals surface area contributed by atoms with Crippen LogP contribution in [0.25, 0.3) is 0 Å². The summed E-state index contributed by atoms with van der Waals surface area (Å²) in [6.45, 7) is 2.35. The van der Waals surface area contributed by atoms with Gasteiger partial charge in [0.2, 0.25) is 0 Å². The topological polar surface area (TPSA) is 84.0 Å². The minimum atomic E-state index is -0.119. The van der Waals surface area contributed by atoms with E-state index in [1.54, 1.807) is 45.5 Å². The van der Waals surface area contributed by atoms with E-state index < -0.39 is 0 Å². The Bertz CT molecular complexity index is 474. The lowest BCUT2D eigenvalue weighted by atomic mass is 10.2. The van der Waals surface area contributed by atoms with Gasteiger partial charge >= 0.3 is 0 Å². The number of methoxy groups -OCH3 is 2. The third-order valence-electron chi connectivity index (χ3n) is 2.88. The Hall–Kier alpha value is -2.28. The van der Waals surface area contributed by atoms with E-state index in [2.05, 4.69) is 20.9 Å². The van der Waals surface area contributed by atoms with Crippen molar-refractivity contribution >= 4 is 11.9 Å². The van der Waals surface area contributed by atoms with E-state index in [0.717, 1.165) is 5.75 Å². The lowest BCUT2D eigenvalue weighted by Crippen LogP contribution is -2.42. The molecule has 1 aromatic carbocycles. The molecule has 0 aromatic heterocycles. The van der Waals surface area contributed by atoms with Crippen LogP contribution in [0.15, 0.2) is 29.3 Å². The zero-order chi connectivity index (χ0) is 16.2. The van der Waals surface area contributed by atoms with E-state index >= 15 is 0 Å². The SMILES string of the molecule is CN=C(NCCNC(=O)c1ccc(OC)cc1)NCCOC. The average molecular weight is 308 g/mol. The standard InChI is InChI=1S/C15H24N4O3/c1-16-15(19-10-11-21-2)18-9-8-17-14(20)12-4-6-13(22-3)7-5-12/h4-7H,8-11H2,1-3H3,(H,17,20)(H2,16,18,19). The van der Waals surface area contributed by atoms with Crippen molar-refractivity contribution in [3.63, 3.8) is 0 Å². The maximum absolute atomic E-state index is 11.9. The molecule has 0 saturated heterocycles. The largest absolute Gasteiger partial charge is 0.497 e. The van der Waals surface area contributed by atoms with Gasteiger partial charge in [0.25, 0.3) is 5.91 Å². The van der Waals surface area contributed by atoms with Gasteiger partial charge in [-0.15, -0.1) is 0 Å². The van der Waals surface area contributed by atoms with Crippen LogP contribution in [0.1, 0.15) is 10.4 Å². The number of rotatable bonds is 8. The van der Waals surface area contributed by atoms with Crippen LogP contribution in [0.4, 0.5) is 0 Å². The van der Waals surface area contributed by atoms with Gasteiger partial charge in [0.15, 0.2) is 5.96 Å². The normalized spacial score (nSPS) is 11.0. The quantitative estimate of drug-likeness (QED) is 0.364. The number of carbonyl (C=O) groups excluding carboxylic acids is 1. The summed E-state index contributed by atoms with van der Waals surface area (Å²) in [5, 5.41) is 9.03. The van der Waals surface area contributed by atoms with Crippen LogP contribution in [-0.4, -0.2) is 59.4 Å². The van der Waals surface area contributed by atoms with Gasteiger partial charge in [0.05, 0.1) is 13.7 Å².